The molecule has 0 aliphatic carbocycles. The molecule has 0 amide bonds. The lowest BCUT2D eigenvalue weighted by atomic mass is 10.0. The summed E-state index contributed by atoms with van der Waals surface area (Å²) in [5.74, 6) is 2.21. The molecule has 0 saturated carbocycles. The molecule has 0 radical (unpaired) electrons. The van der Waals surface area contributed by atoms with Crippen molar-refractivity contribution in [1.29, 1.82) is 0 Å². The predicted octanol–water partition coefficient (Wildman–Crippen LogP) is 3.97. The highest BCUT2D eigenvalue weighted by Gasteiger charge is 2.00. The van der Waals surface area contributed by atoms with Crippen LogP contribution in [0.1, 0.15) is 25.3 Å². The van der Waals surface area contributed by atoms with Crippen molar-refractivity contribution in [1.82, 2.24) is 0 Å². The van der Waals surface area contributed by atoms with E-state index in [1.807, 2.05) is 12.1 Å². The Bertz CT molecular complexity index is 532. The summed E-state index contributed by atoms with van der Waals surface area (Å²) in [6, 6.07) is 14.9. The maximum absolute atomic E-state index is 9.31. The van der Waals surface area contributed by atoms with Gasteiger partial charge in [0.25, 0.3) is 0 Å². The SMILES string of the molecule is CC(C)c1ccc(OCCOc2cccc(O)c2)cc1. The topological polar surface area (TPSA) is 38.7 Å². The minimum atomic E-state index is 0.202. The number of phenols is 1. The van der Waals surface area contributed by atoms with Crippen molar-refractivity contribution in [3.8, 4) is 17.2 Å². The van der Waals surface area contributed by atoms with E-state index in [-0.39, 0.29) is 5.75 Å². The molecule has 0 aromatic heterocycles. The van der Waals surface area contributed by atoms with E-state index in [9.17, 15) is 5.11 Å². The minimum absolute atomic E-state index is 0.202. The van der Waals surface area contributed by atoms with Crippen molar-refractivity contribution in [2.45, 2.75) is 19.8 Å². The summed E-state index contributed by atoms with van der Waals surface area (Å²) in [6.07, 6.45) is 0. The summed E-state index contributed by atoms with van der Waals surface area (Å²) in [5, 5.41) is 9.31. The third-order valence-electron chi connectivity index (χ3n) is 2.99. The summed E-state index contributed by atoms with van der Waals surface area (Å²) >= 11 is 0. The molecule has 0 spiro atoms. The second kappa shape index (κ2) is 6.85. The molecule has 0 aliphatic heterocycles. The zero-order chi connectivity index (χ0) is 14.4. The molecule has 0 atom stereocenters. The number of ether oxygens (including phenoxy) is 2. The summed E-state index contributed by atoms with van der Waals surface area (Å²) in [4.78, 5) is 0. The third-order valence-corrected chi connectivity index (χ3v) is 2.99. The van der Waals surface area contributed by atoms with E-state index >= 15 is 0 Å². The van der Waals surface area contributed by atoms with Gasteiger partial charge in [0.05, 0.1) is 0 Å². The van der Waals surface area contributed by atoms with E-state index in [1.165, 1.54) is 5.56 Å². The van der Waals surface area contributed by atoms with Gasteiger partial charge in [-0.1, -0.05) is 32.0 Å². The van der Waals surface area contributed by atoms with Gasteiger partial charge in [-0.2, -0.15) is 0 Å². The second-order valence-electron chi connectivity index (χ2n) is 4.92. The first-order valence-electron chi connectivity index (χ1n) is 6.80. The van der Waals surface area contributed by atoms with Crippen LogP contribution < -0.4 is 9.47 Å². The Kier molecular flexibility index (Phi) is 4.88. The molecule has 2 aromatic rings. The zero-order valence-corrected chi connectivity index (χ0v) is 11.9. The van der Waals surface area contributed by atoms with Crippen LogP contribution in [0.25, 0.3) is 0 Å². The number of benzene rings is 2. The van der Waals surface area contributed by atoms with Crippen LogP contribution in [0.2, 0.25) is 0 Å². The van der Waals surface area contributed by atoms with Crippen molar-refractivity contribution in [2.24, 2.45) is 0 Å². The number of hydrogen-bond acceptors (Lipinski definition) is 3. The molecule has 2 rings (SSSR count). The molecule has 106 valence electrons. The quantitative estimate of drug-likeness (QED) is 0.809. The summed E-state index contributed by atoms with van der Waals surface area (Å²) in [6.45, 7) is 5.24. The van der Waals surface area contributed by atoms with Gasteiger partial charge in [-0.3, -0.25) is 0 Å². The maximum atomic E-state index is 9.31. The molecule has 0 aliphatic rings. The Morgan fingerprint density at radius 3 is 2.15 bits per heavy atom. The van der Waals surface area contributed by atoms with Gasteiger partial charge in [-0.15, -0.1) is 0 Å². The van der Waals surface area contributed by atoms with E-state index in [4.69, 9.17) is 9.47 Å². The summed E-state index contributed by atoms with van der Waals surface area (Å²) in [5.41, 5.74) is 1.30. The van der Waals surface area contributed by atoms with E-state index < -0.39 is 0 Å². The fourth-order valence-corrected chi connectivity index (χ4v) is 1.84. The van der Waals surface area contributed by atoms with Gasteiger partial charge in [0.15, 0.2) is 0 Å². The van der Waals surface area contributed by atoms with Crippen molar-refractivity contribution >= 4 is 0 Å². The van der Waals surface area contributed by atoms with Gasteiger partial charge in [0, 0.05) is 6.07 Å². The summed E-state index contributed by atoms with van der Waals surface area (Å²) < 4.78 is 11.1. The lowest BCUT2D eigenvalue weighted by Crippen LogP contribution is -2.08. The monoisotopic (exact) mass is 272 g/mol. The lowest BCUT2D eigenvalue weighted by molar-refractivity contribution is 0.216. The van der Waals surface area contributed by atoms with E-state index in [0.717, 1.165) is 5.75 Å². The molecular formula is C17H20O3. The van der Waals surface area contributed by atoms with E-state index in [2.05, 4.69) is 26.0 Å². The molecule has 3 nitrogen and oxygen atoms in total. The standard InChI is InChI=1S/C17H20O3/c1-13(2)14-6-8-16(9-7-14)19-10-11-20-17-5-3-4-15(18)12-17/h3-9,12-13,18H,10-11H2,1-2H3. The third kappa shape index (κ3) is 4.19. The van der Waals surface area contributed by atoms with E-state index in [1.54, 1.807) is 24.3 Å². The summed E-state index contributed by atoms with van der Waals surface area (Å²) in [7, 11) is 0. The van der Waals surface area contributed by atoms with Gasteiger partial charge in [0.1, 0.15) is 30.5 Å². The molecule has 0 fully saturated rings. The molecular weight excluding hydrogens is 252 g/mol. The van der Waals surface area contributed by atoms with Crippen LogP contribution in [0.15, 0.2) is 48.5 Å². The van der Waals surface area contributed by atoms with Gasteiger partial charge in [0.2, 0.25) is 0 Å². The first-order valence-corrected chi connectivity index (χ1v) is 6.80. The Balaban J connectivity index is 1.75. The molecule has 2 aromatic carbocycles. The van der Waals surface area contributed by atoms with Crippen LogP contribution in [-0.4, -0.2) is 18.3 Å². The Morgan fingerprint density at radius 1 is 0.900 bits per heavy atom. The molecule has 20 heavy (non-hydrogen) atoms. The van der Waals surface area contributed by atoms with Crippen LogP contribution in [0.4, 0.5) is 0 Å². The van der Waals surface area contributed by atoms with Crippen LogP contribution >= 0.6 is 0 Å². The molecule has 0 unspecified atom stereocenters. The van der Waals surface area contributed by atoms with Crippen molar-refractivity contribution in [3.63, 3.8) is 0 Å². The van der Waals surface area contributed by atoms with Crippen LogP contribution in [0.5, 0.6) is 17.2 Å². The fourth-order valence-electron chi connectivity index (χ4n) is 1.84. The zero-order valence-electron chi connectivity index (χ0n) is 11.9. The predicted molar refractivity (Wildman–Crippen MR) is 79.6 cm³/mol. The molecule has 0 saturated heterocycles. The highest BCUT2D eigenvalue weighted by atomic mass is 16.5. The molecule has 0 bridgehead atoms. The Hall–Kier alpha value is -2.16. The minimum Gasteiger partial charge on any atom is -0.508 e. The van der Waals surface area contributed by atoms with Crippen LogP contribution in [0, 0.1) is 0 Å². The number of rotatable bonds is 6. The molecule has 0 heterocycles. The largest absolute Gasteiger partial charge is 0.508 e. The first kappa shape index (κ1) is 14.3. The molecule has 3 heteroatoms. The average molecular weight is 272 g/mol. The normalized spacial score (nSPS) is 10.6. The van der Waals surface area contributed by atoms with Gasteiger partial charge in [-0.05, 0) is 35.7 Å². The van der Waals surface area contributed by atoms with Crippen molar-refractivity contribution in [2.75, 3.05) is 13.2 Å². The highest BCUT2D eigenvalue weighted by molar-refractivity contribution is 5.31. The van der Waals surface area contributed by atoms with Gasteiger partial charge in [-0.25, -0.2) is 0 Å². The Labute approximate surface area is 119 Å². The maximum Gasteiger partial charge on any atom is 0.123 e. The number of phenolic OH excluding ortho intramolecular Hbond substituents is 1. The number of hydrogen-bond donors (Lipinski definition) is 1. The van der Waals surface area contributed by atoms with Gasteiger partial charge < -0.3 is 14.6 Å². The highest BCUT2D eigenvalue weighted by Crippen LogP contribution is 2.19. The fraction of sp³-hybridized carbons (Fsp3) is 0.294. The smallest absolute Gasteiger partial charge is 0.123 e. The second-order valence-corrected chi connectivity index (χ2v) is 4.92. The van der Waals surface area contributed by atoms with Crippen molar-refractivity contribution in [3.05, 3.63) is 54.1 Å². The van der Waals surface area contributed by atoms with Crippen LogP contribution in [-0.2, 0) is 0 Å². The molecule has 1 N–H and O–H groups in total. The number of aromatic hydroxyl groups is 1. The first-order chi connectivity index (χ1) is 9.65. The van der Waals surface area contributed by atoms with Crippen LogP contribution in [0.3, 0.4) is 0 Å². The Morgan fingerprint density at radius 2 is 1.55 bits per heavy atom. The van der Waals surface area contributed by atoms with E-state index in [0.29, 0.717) is 24.9 Å². The van der Waals surface area contributed by atoms with Gasteiger partial charge >= 0.3 is 0 Å². The average Bonchev–Trinajstić information content (AvgIpc) is 2.44. The van der Waals surface area contributed by atoms with Crippen molar-refractivity contribution < 1.29 is 14.6 Å². The lowest BCUT2D eigenvalue weighted by Gasteiger charge is -2.10.